The maximum absolute atomic E-state index is 13.8. The maximum atomic E-state index is 13.8. The second-order valence-electron chi connectivity index (χ2n) is 4.68. The van der Waals surface area contributed by atoms with E-state index in [4.69, 9.17) is 17.3 Å². The lowest BCUT2D eigenvalue weighted by atomic mass is 10.0. The third kappa shape index (κ3) is 2.40. The van der Waals surface area contributed by atoms with Gasteiger partial charge in [-0.05, 0) is 42.3 Å². The summed E-state index contributed by atoms with van der Waals surface area (Å²) in [4.78, 5) is 0. The number of rotatable bonds is 3. The molecule has 2 aromatic heterocycles. The zero-order valence-electron chi connectivity index (χ0n) is 10.6. The van der Waals surface area contributed by atoms with Crippen molar-refractivity contribution in [3.63, 3.8) is 0 Å². The van der Waals surface area contributed by atoms with Crippen molar-refractivity contribution in [2.24, 2.45) is 5.73 Å². The van der Waals surface area contributed by atoms with Crippen molar-refractivity contribution in [2.75, 3.05) is 0 Å². The molecule has 1 atom stereocenters. The van der Waals surface area contributed by atoms with Gasteiger partial charge in [0.15, 0.2) is 0 Å². The number of hydrogen-bond acceptors (Lipinski definition) is 2. The molecule has 0 aliphatic carbocycles. The first-order valence-electron chi connectivity index (χ1n) is 6.27. The molecule has 3 nitrogen and oxygen atoms in total. The monoisotopic (exact) mass is 289 g/mol. The van der Waals surface area contributed by atoms with E-state index < -0.39 is 0 Å². The van der Waals surface area contributed by atoms with Gasteiger partial charge in [-0.25, -0.2) is 8.91 Å². The standard InChI is InChI=1S/C15H13ClFN3/c16-11-4-5-13(17)10(7-11)8-14(18)12-9-19-20-6-2-1-3-15(12)20/h1-7,9,14H,8,18H2. The van der Waals surface area contributed by atoms with Crippen LogP contribution in [0, 0.1) is 5.82 Å². The van der Waals surface area contributed by atoms with Crippen LogP contribution in [-0.4, -0.2) is 9.61 Å². The van der Waals surface area contributed by atoms with Gasteiger partial charge in [0.05, 0.1) is 11.7 Å². The van der Waals surface area contributed by atoms with E-state index in [-0.39, 0.29) is 11.9 Å². The van der Waals surface area contributed by atoms with Crippen LogP contribution < -0.4 is 5.73 Å². The van der Waals surface area contributed by atoms with Crippen molar-refractivity contribution in [1.29, 1.82) is 0 Å². The molecule has 2 N–H and O–H groups in total. The Kier molecular flexibility index (Phi) is 3.42. The van der Waals surface area contributed by atoms with Crippen LogP contribution in [0.5, 0.6) is 0 Å². The highest BCUT2D eigenvalue weighted by Crippen LogP contribution is 2.23. The van der Waals surface area contributed by atoms with E-state index >= 15 is 0 Å². The van der Waals surface area contributed by atoms with Gasteiger partial charge in [0.1, 0.15) is 5.82 Å². The fraction of sp³-hybridized carbons (Fsp3) is 0.133. The van der Waals surface area contributed by atoms with Crippen molar-refractivity contribution in [3.8, 4) is 0 Å². The first-order chi connectivity index (χ1) is 9.65. The number of nitrogens with zero attached hydrogens (tertiary/aromatic N) is 2. The zero-order valence-corrected chi connectivity index (χ0v) is 11.4. The highest BCUT2D eigenvalue weighted by atomic mass is 35.5. The minimum absolute atomic E-state index is 0.290. The number of benzene rings is 1. The Balaban J connectivity index is 1.93. The third-order valence-electron chi connectivity index (χ3n) is 3.30. The first-order valence-corrected chi connectivity index (χ1v) is 6.65. The van der Waals surface area contributed by atoms with Gasteiger partial charge in [-0.15, -0.1) is 0 Å². The van der Waals surface area contributed by atoms with E-state index in [1.54, 1.807) is 16.8 Å². The first kappa shape index (κ1) is 13.1. The van der Waals surface area contributed by atoms with E-state index in [0.29, 0.717) is 17.0 Å². The molecule has 1 aromatic carbocycles. The van der Waals surface area contributed by atoms with E-state index in [0.717, 1.165) is 11.1 Å². The van der Waals surface area contributed by atoms with E-state index in [1.807, 2.05) is 24.4 Å². The lowest BCUT2D eigenvalue weighted by Gasteiger charge is -2.11. The Morgan fingerprint density at radius 3 is 3.00 bits per heavy atom. The Morgan fingerprint density at radius 2 is 2.15 bits per heavy atom. The topological polar surface area (TPSA) is 43.3 Å². The van der Waals surface area contributed by atoms with Crippen LogP contribution in [-0.2, 0) is 6.42 Å². The van der Waals surface area contributed by atoms with Crippen molar-refractivity contribution < 1.29 is 4.39 Å². The largest absolute Gasteiger partial charge is 0.324 e. The summed E-state index contributed by atoms with van der Waals surface area (Å²) >= 11 is 5.90. The van der Waals surface area contributed by atoms with Crippen LogP contribution in [0.1, 0.15) is 17.2 Å². The molecule has 0 bridgehead atoms. The smallest absolute Gasteiger partial charge is 0.126 e. The Morgan fingerprint density at radius 1 is 1.30 bits per heavy atom. The molecule has 0 radical (unpaired) electrons. The molecule has 3 aromatic rings. The molecule has 102 valence electrons. The molecule has 0 spiro atoms. The molecule has 0 aliphatic rings. The van der Waals surface area contributed by atoms with Crippen LogP contribution in [0.15, 0.2) is 48.8 Å². The van der Waals surface area contributed by atoms with Crippen LogP contribution in [0.2, 0.25) is 5.02 Å². The predicted molar refractivity (Wildman–Crippen MR) is 77.2 cm³/mol. The van der Waals surface area contributed by atoms with E-state index in [1.165, 1.54) is 12.1 Å². The molecule has 0 saturated carbocycles. The highest BCUT2D eigenvalue weighted by Gasteiger charge is 2.15. The summed E-state index contributed by atoms with van der Waals surface area (Å²) in [5, 5.41) is 4.75. The average Bonchev–Trinajstić information content (AvgIpc) is 2.87. The second-order valence-corrected chi connectivity index (χ2v) is 5.11. The minimum atomic E-state index is -0.331. The van der Waals surface area contributed by atoms with Gasteiger partial charge >= 0.3 is 0 Å². The van der Waals surface area contributed by atoms with Crippen molar-refractivity contribution in [1.82, 2.24) is 9.61 Å². The van der Waals surface area contributed by atoms with Gasteiger partial charge in [0.2, 0.25) is 0 Å². The van der Waals surface area contributed by atoms with Gasteiger partial charge in [-0.1, -0.05) is 17.7 Å². The number of fused-ring (bicyclic) bond motifs is 1. The molecule has 2 heterocycles. The number of halogens is 2. The highest BCUT2D eigenvalue weighted by molar-refractivity contribution is 6.30. The lowest BCUT2D eigenvalue weighted by Crippen LogP contribution is -2.14. The number of nitrogens with two attached hydrogens (primary N) is 1. The molecular formula is C15H13ClFN3. The van der Waals surface area contributed by atoms with Gasteiger partial charge < -0.3 is 5.73 Å². The molecule has 0 saturated heterocycles. The predicted octanol–water partition coefficient (Wildman–Crippen LogP) is 3.37. The van der Waals surface area contributed by atoms with Crippen molar-refractivity contribution >= 4 is 17.1 Å². The quantitative estimate of drug-likeness (QED) is 0.803. The van der Waals surface area contributed by atoms with Crippen molar-refractivity contribution in [3.05, 3.63) is 70.8 Å². The summed E-state index contributed by atoms with van der Waals surface area (Å²) in [6, 6.07) is 9.93. The SMILES string of the molecule is NC(Cc1cc(Cl)ccc1F)c1cnn2ccccc12. The molecule has 1 unspecified atom stereocenters. The van der Waals surface area contributed by atoms with Crippen LogP contribution >= 0.6 is 11.6 Å². The molecule has 20 heavy (non-hydrogen) atoms. The van der Waals surface area contributed by atoms with Gasteiger partial charge in [-0.3, -0.25) is 0 Å². The summed E-state index contributed by atoms with van der Waals surface area (Å²) in [6.07, 6.45) is 3.95. The molecule has 0 fully saturated rings. The van der Waals surface area contributed by atoms with Gasteiger partial charge in [0.25, 0.3) is 0 Å². The minimum Gasteiger partial charge on any atom is -0.324 e. The summed E-state index contributed by atoms with van der Waals surface area (Å²) in [6.45, 7) is 0. The summed E-state index contributed by atoms with van der Waals surface area (Å²) < 4.78 is 15.5. The fourth-order valence-electron chi connectivity index (χ4n) is 2.29. The lowest BCUT2D eigenvalue weighted by molar-refractivity contribution is 0.594. The Labute approximate surface area is 120 Å². The van der Waals surface area contributed by atoms with Crippen molar-refractivity contribution in [2.45, 2.75) is 12.5 Å². The summed E-state index contributed by atoms with van der Waals surface area (Å²) in [5.74, 6) is -0.290. The zero-order chi connectivity index (χ0) is 14.1. The molecular weight excluding hydrogens is 277 g/mol. The van der Waals surface area contributed by atoms with E-state index in [2.05, 4.69) is 5.10 Å². The number of hydrogen-bond donors (Lipinski definition) is 1. The number of pyridine rings is 1. The van der Waals surface area contributed by atoms with Crippen LogP contribution in [0.3, 0.4) is 0 Å². The van der Waals surface area contributed by atoms with Gasteiger partial charge in [-0.2, -0.15) is 5.10 Å². The fourth-order valence-corrected chi connectivity index (χ4v) is 2.48. The molecule has 3 rings (SSSR count). The van der Waals surface area contributed by atoms with Gasteiger partial charge in [0, 0.05) is 22.8 Å². The molecule has 0 amide bonds. The third-order valence-corrected chi connectivity index (χ3v) is 3.54. The summed E-state index contributed by atoms with van der Waals surface area (Å²) in [5.41, 5.74) is 8.53. The normalized spacial score (nSPS) is 12.8. The Hall–Kier alpha value is -1.91. The second kappa shape index (κ2) is 5.23. The summed E-state index contributed by atoms with van der Waals surface area (Å²) in [7, 11) is 0. The Bertz CT molecular complexity index is 754. The maximum Gasteiger partial charge on any atom is 0.126 e. The average molecular weight is 290 g/mol. The molecule has 5 heteroatoms. The van der Waals surface area contributed by atoms with Crippen LogP contribution in [0.25, 0.3) is 5.52 Å². The molecule has 0 aliphatic heterocycles. The van der Waals surface area contributed by atoms with E-state index in [9.17, 15) is 4.39 Å². The number of aromatic nitrogens is 2. The van der Waals surface area contributed by atoms with Crippen LogP contribution in [0.4, 0.5) is 4.39 Å².